The molecule has 2 aliphatic rings. The van der Waals surface area contributed by atoms with Gasteiger partial charge in [-0.05, 0) is 42.7 Å². The molecular formula is C26H33ClN4O3. The quantitative estimate of drug-likeness (QED) is 0.614. The molecule has 4 rings (SSSR count). The molecule has 182 valence electrons. The van der Waals surface area contributed by atoms with Gasteiger partial charge in [-0.2, -0.15) is 0 Å². The summed E-state index contributed by atoms with van der Waals surface area (Å²) >= 11 is 5.88. The number of nitrogens with zero attached hydrogens (tertiary/aromatic N) is 2. The molecule has 3 amide bonds. The van der Waals surface area contributed by atoms with Crippen LogP contribution in [0.25, 0.3) is 0 Å². The lowest BCUT2D eigenvalue weighted by molar-refractivity contribution is -0.122. The number of nitrogens with two attached hydrogens (primary N) is 1. The average molecular weight is 485 g/mol. The summed E-state index contributed by atoms with van der Waals surface area (Å²) in [4.78, 5) is 38.1. The summed E-state index contributed by atoms with van der Waals surface area (Å²) in [6, 6.07) is 16.1. The second kappa shape index (κ2) is 13.1. The fourth-order valence-electron chi connectivity index (χ4n) is 4.57. The Kier molecular flexibility index (Phi) is 9.91. The lowest BCUT2D eigenvalue weighted by atomic mass is 9.94. The highest BCUT2D eigenvalue weighted by Gasteiger charge is 2.27. The molecule has 1 aliphatic carbocycles. The Balaban J connectivity index is 0.000000215. The Hall–Kier alpha value is -2.90. The van der Waals surface area contributed by atoms with E-state index in [-0.39, 0.29) is 5.91 Å². The summed E-state index contributed by atoms with van der Waals surface area (Å²) in [5, 5.41) is 3.02. The SMILES string of the molecule is NC(=O)C(NC=O)c1ccccc1.O=C(c1ccc(Cl)cc1)N1CCN(C2CCCCC2)CC1. The molecule has 0 spiro atoms. The molecule has 7 nitrogen and oxygen atoms in total. The van der Waals surface area contributed by atoms with Crippen LogP contribution in [-0.4, -0.2) is 60.2 Å². The summed E-state index contributed by atoms with van der Waals surface area (Å²) in [7, 11) is 0. The minimum atomic E-state index is -0.737. The highest BCUT2D eigenvalue weighted by atomic mass is 35.5. The lowest BCUT2D eigenvalue weighted by Gasteiger charge is -2.40. The van der Waals surface area contributed by atoms with Crippen molar-refractivity contribution in [3.8, 4) is 0 Å². The molecule has 34 heavy (non-hydrogen) atoms. The number of nitrogens with one attached hydrogen (secondary N) is 1. The predicted octanol–water partition coefficient (Wildman–Crippen LogP) is 3.39. The number of carbonyl (C=O) groups excluding carboxylic acids is 3. The van der Waals surface area contributed by atoms with Crippen molar-refractivity contribution in [2.24, 2.45) is 5.73 Å². The number of hydrogen-bond donors (Lipinski definition) is 2. The second-order valence-electron chi connectivity index (χ2n) is 8.66. The van der Waals surface area contributed by atoms with Crippen molar-refractivity contribution in [3.63, 3.8) is 0 Å². The summed E-state index contributed by atoms with van der Waals surface area (Å²) in [5.41, 5.74) is 6.52. The summed E-state index contributed by atoms with van der Waals surface area (Å²) in [6.07, 6.45) is 7.27. The van der Waals surface area contributed by atoms with E-state index in [4.69, 9.17) is 17.3 Å². The molecule has 0 bridgehead atoms. The van der Waals surface area contributed by atoms with Crippen LogP contribution >= 0.6 is 11.6 Å². The number of halogens is 1. The summed E-state index contributed by atoms with van der Waals surface area (Å²) < 4.78 is 0. The first-order valence-corrected chi connectivity index (χ1v) is 12.2. The van der Waals surface area contributed by atoms with E-state index < -0.39 is 11.9 Å². The minimum absolute atomic E-state index is 0.134. The van der Waals surface area contributed by atoms with E-state index in [0.29, 0.717) is 17.0 Å². The monoisotopic (exact) mass is 484 g/mol. The molecule has 1 heterocycles. The largest absolute Gasteiger partial charge is 0.368 e. The Morgan fingerprint density at radius 1 is 0.941 bits per heavy atom. The lowest BCUT2D eigenvalue weighted by Crippen LogP contribution is -2.52. The number of rotatable bonds is 6. The van der Waals surface area contributed by atoms with E-state index in [1.807, 2.05) is 23.1 Å². The number of piperazine rings is 1. The standard InChI is InChI=1S/C17H23ClN2O.C9H10N2O2/c18-15-8-6-14(7-9-15)17(21)20-12-10-19(11-13-20)16-4-2-1-3-5-16;10-9(13)8(11-6-12)7-4-2-1-3-5-7/h6-9,16H,1-5,10-13H2;1-6,8H,(H2,10,13)(H,11,12). The third kappa shape index (κ3) is 7.30. The molecular weight excluding hydrogens is 452 g/mol. The van der Waals surface area contributed by atoms with Crippen molar-refractivity contribution >= 4 is 29.8 Å². The Labute approximate surface area is 206 Å². The topological polar surface area (TPSA) is 95.7 Å². The summed E-state index contributed by atoms with van der Waals surface area (Å²) in [5.74, 6) is -0.437. The van der Waals surface area contributed by atoms with Crippen molar-refractivity contribution < 1.29 is 14.4 Å². The van der Waals surface area contributed by atoms with Crippen LogP contribution in [0, 0.1) is 0 Å². The predicted molar refractivity (Wildman–Crippen MR) is 133 cm³/mol. The van der Waals surface area contributed by atoms with Crippen LogP contribution in [0.1, 0.15) is 54.1 Å². The van der Waals surface area contributed by atoms with E-state index in [1.165, 1.54) is 32.1 Å². The molecule has 1 unspecified atom stereocenters. The maximum atomic E-state index is 12.5. The van der Waals surface area contributed by atoms with Crippen LogP contribution in [0.15, 0.2) is 54.6 Å². The zero-order valence-corrected chi connectivity index (χ0v) is 20.1. The van der Waals surface area contributed by atoms with Gasteiger partial charge in [-0.1, -0.05) is 61.2 Å². The highest BCUT2D eigenvalue weighted by molar-refractivity contribution is 6.30. The average Bonchev–Trinajstić information content (AvgIpc) is 2.89. The van der Waals surface area contributed by atoms with E-state index in [0.717, 1.165) is 37.8 Å². The Bertz CT molecular complexity index is 925. The number of amides is 3. The maximum Gasteiger partial charge on any atom is 0.253 e. The van der Waals surface area contributed by atoms with E-state index >= 15 is 0 Å². The first kappa shape index (κ1) is 25.7. The zero-order valence-electron chi connectivity index (χ0n) is 19.4. The van der Waals surface area contributed by atoms with Crippen molar-refractivity contribution in [1.29, 1.82) is 0 Å². The normalized spacial score (nSPS) is 17.7. The van der Waals surface area contributed by atoms with Crippen LogP contribution in [0.2, 0.25) is 5.02 Å². The van der Waals surface area contributed by atoms with E-state index in [2.05, 4.69) is 10.2 Å². The fourth-order valence-corrected chi connectivity index (χ4v) is 4.69. The molecule has 8 heteroatoms. The van der Waals surface area contributed by atoms with Gasteiger partial charge in [0.05, 0.1) is 0 Å². The molecule has 2 aromatic carbocycles. The number of benzene rings is 2. The van der Waals surface area contributed by atoms with Crippen LogP contribution in [-0.2, 0) is 9.59 Å². The van der Waals surface area contributed by atoms with E-state index in [9.17, 15) is 14.4 Å². The second-order valence-corrected chi connectivity index (χ2v) is 9.09. The smallest absolute Gasteiger partial charge is 0.253 e. The van der Waals surface area contributed by atoms with Gasteiger partial charge in [0.15, 0.2) is 0 Å². The molecule has 2 fully saturated rings. The van der Waals surface area contributed by atoms with Gasteiger partial charge in [0.2, 0.25) is 12.3 Å². The van der Waals surface area contributed by atoms with Crippen molar-refractivity contribution in [2.75, 3.05) is 26.2 Å². The Morgan fingerprint density at radius 3 is 2.12 bits per heavy atom. The van der Waals surface area contributed by atoms with Crippen molar-refractivity contribution in [1.82, 2.24) is 15.1 Å². The van der Waals surface area contributed by atoms with Gasteiger partial charge in [0.25, 0.3) is 5.91 Å². The molecule has 3 N–H and O–H groups in total. The van der Waals surface area contributed by atoms with Gasteiger partial charge >= 0.3 is 0 Å². The number of primary amides is 1. The third-order valence-electron chi connectivity index (χ3n) is 6.44. The maximum absolute atomic E-state index is 12.5. The fraction of sp³-hybridized carbons (Fsp3) is 0.423. The molecule has 0 radical (unpaired) electrons. The van der Waals surface area contributed by atoms with Crippen LogP contribution in [0.3, 0.4) is 0 Å². The van der Waals surface area contributed by atoms with E-state index in [1.54, 1.807) is 36.4 Å². The minimum Gasteiger partial charge on any atom is -0.368 e. The number of carbonyl (C=O) groups is 3. The molecule has 1 atom stereocenters. The van der Waals surface area contributed by atoms with Gasteiger partial charge in [0.1, 0.15) is 6.04 Å². The Morgan fingerprint density at radius 2 is 1.56 bits per heavy atom. The van der Waals surface area contributed by atoms with Gasteiger partial charge in [0, 0.05) is 42.8 Å². The first-order chi connectivity index (χ1) is 16.5. The highest BCUT2D eigenvalue weighted by Crippen LogP contribution is 2.24. The van der Waals surface area contributed by atoms with Crippen molar-refractivity contribution in [3.05, 3.63) is 70.7 Å². The van der Waals surface area contributed by atoms with Crippen LogP contribution in [0.5, 0.6) is 0 Å². The molecule has 0 aromatic heterocycles. The molecule has 1 saturated carbocycles. The number of hydrogen-bond acceptors (Lipinski definition) is 4. The van der Waals surface area contributed by atoms with Gasteiger partial charge in [-0.3, -0.25) is 19.3 Å². The zero-order chi connectivity index (χ0) is 24.3. The third-order valence-corrected chi connectivity index (χ3v) is 6.69. The first-order valence-electron chi connectivity index (χ1n) is 11.8. The molecule has 1 saturated heterocycles. The summed E-state index contributed by atoms with van der Waals surface area (Å²) in [6.45, 7) is 3.73. The van der Waals surface area contributed by atoms with Gasteiger partial charge < -0.3 is 16.0 Å². The van der Waals surface area contributed by atoms with Gasteiger partial charge in [-0.15, -0.1) is 0 Å². The van der Waals surface area contributed by atoms with Gasteiger partial charge in [-0.25, -0.2) is 0 Å². The van der Waals surface area contributed by atoms with Crippen LogP contribution < -0.4 is 11.1 Å². The molecule has 2 aromatic rings. The molecule has 1 aliphatic heterocycles. The van der Waals surface area contributed by atoms with Crippen LogP contribution in [0.4, 0.5) is 0 Å². The van der Waals surface area contributed by atoms with Crippen molar-refractivity contribution in [2.45, 2.75) is 44.2 Å².